The van der Waals surface area contributed by atoms with Crippen LogP contribution >= 0.6 is 32.3 Å². The van der Waals surface area contributed by atoms with Gasteiger partial charge in [-0.3, -0.25) is 0 Å². The van der Waals surface area contributed by atoms with Crippen LogP contribution in [0.2, 0.25) is 0 Å². The molecular weight excluding hydrogens is 220 g/mol. The lowest BCUT2D eigenvalue weighted by molar-refractivity contribution is -0.0467. The van der Waals surface area contributed by atoms with Gasteiger partial charge in [-0.2, -0.15) is 0 Å². The summed E-state index contributed by atoms with van der Waals surface area (Å²) in [5.41, 5.74) is -2.29. The smallest absolute Gasteiger partial charge is 0.122 e. The number of hydrogen-bond donors (Lipinski definition) is 5. The lowest BCUT2D eigenvalue weighted by atomic mass is 9.92. The van der Waals surface area contributed by atoms with Gasteiger partial charge >= 0.3 is 0 Å². The van der Waals surface area contributed by atoms with E-state index >= 15 is 0 Å². The maximum atomic E-state index is 9.37. The molecule has 1 unspecified atom stereocenters. The van der Waals surface area contributed by atoms with E-state index in [0.29, 0.717) is 0 Å². The van der Waals surface area contributed by atoms with E-state index in [0.717, 1.165) is 20.6 Å². The van der Waals surface area contributed by atoms with Crippen molar-refractivity contribution in [1.82, 2.24) is 0 Å². The minimum Gasteiger partial charge on any atom is -0.395 e. The molecule has 1 atom stereocenters. The average molecular weight is 232 g/mol. The van der Waals surface area contributed by atoms with Crippen molar-refractivity contribution in [3.05, 3.63) is 0 Å². The first-order valence-corrected chi connectivity index (χ1v) is 6.41. The summed E-state index contributed by atoms with van der Waals surface area (Å²) in [7, 11) is 1.98. The monoisotopic (exact) mass is 232 g/mol. The first-order chi connectivity index (χ1) is 5.66. The Bertz CT molecular complexity index is 111. The van der Waals surface area contributed by atoms with Crippen molar-refractivity contribution in [3.63, 3.8) is 0 Å². The highest BCUT2D eigenvalue weighted by molar-refractivity contribution is 9.05. The molecule has 7 heteroatoms. The first kappa shape index (κ1) is 12.9. The van der Waals surface area contributed by atoms with E-state index in [1.165, 1.54) is 0 Å². The van der Waals surface area contributed by atoms with Crippen LogP contribution < -0.4 is 0 Å². The molecule has 0 fully saturated rings. The van der Waals surface area contributed by atoms with E-state index < -0.39 is 30.7 Å². The van der Waals surface area contributed by atoms with Crippen LogP contribution in [0.25, 0.3) is 0 Å². The first-order valence-electron chi connectivity index (χ1n) is 3.14. The van der Waals surface area contributed by atoms with Gasteiger partial charge < -0.3 is 20.4 Å². The van der Waals surface area contributed by atoms with Gasteiger partial charge in [-0.15, -0.1) is 0 Å². The topological polar surface area (TPSA) is 80.9 Å². The highest BCUT2D eigenvalue weighted by atomic mass is 33.5. The van der Waals surface area contributed by atoms with Gasteiger partial charge in [0.1, 0.15) is 5.44 Å². The van der Waals surface area contributed by atoms with Gasteiger partial charge in [0, 0.05) is 0 Å². The summed E-state index contributed by atoms with van der Waals surface area (Å²) in [5.74, 6) is 0. The molecule has 0 aliphatic heterocycles. The Kier molecular flexibility index (Phi) is 6.83. The predicted octanol–water partition coefficient (Wildman–Crippen LogP) is -0.506. The second-order valence-electron chi connectivity index (χ2n) is 2.36. The maximum Gasteiger partial charge on any atom is 0.122 e. The van der Waals surface area contributed by atoms with Crippen molar-refractivity contribution in [3.8, 4) is 0 Å². The molecule has 0 aromatic rings. The molecule has 4 nitrogen and oxygen atoms in total. The quantitative estimate of drug-likeness (QED) is 0.241. The molecule has 0 spiro atoms. The third-order valence-corrected chi connectivity index (χ3v) is 3.95. The molecule has 0 aromatic heterocycles. The Labute approximate surface area is 83.6 Å². The SMILES string of the molecule is OCC(CO)(CO)C(O)SSS. The molecule has 0 radical (unpaired) electrons. The summed E-state index contributed by atoms with van der Waals surface area (Å²) in [6.07, 6.45) is 0. The molecule has 74 valence electrons. The Morgan fingerprint density at radius 2 is 1.58 bits per heavy atom. The van der Waals surface area contributed by atoms with Crippen LogP contribution in [-0.2, 0) is 0 Å². The van der Waals surface area contributed by atoms with Gasteiger partial charge in [0.15, 0.2) is 0 Å². The second-order valence-corrected chi connectivity index (χ2v) is 5.51. The van der Waals surface area contributed by atoms with Gasteiger partial charge in [0.05, 0.1) is 25.2 Å². The van der Waals surface area contributed by atoms with Crippen molar-refractivity contribution in [1.29, 1.82) is 0 Å². The van der Waals surface area contributed by atoms with Gasteiger partial charge in [-0.25, -0.2) is 0 Å². The molecule has 0 aliphatic carbocycles. The fraction of sp³-hybridized carbons (Fsp3) is 1.00. The summed E-state index contributed by atoms with van der Waals surface area (Å²) < 4.78 is 0. The normalized spacial score (nSPS) is 14.8. The van der Waals surface area contributed by atoms with Gasteiger partial charge in [0.2, 0.25) is 0 Å². The van der Waals surface area contributed by atoms with E-state index in [9.17, 15) is 5.11 Å². The Morgan fingerprint density at radius 3 is 1.83 bits per heavy atom. The largest absolute Gasteiger partial charge is 0.395 e. The van der Waals surface area contributed by atoms with Crippen LogP contribution in [0.4, 0.5) is 0 Å². The predicted molar refractivity (Wildman–Crippen MR) is 53.9 cm³/mol. The Morgan fingerprint density at radius 1 is 1.17 bits per heavy atom. The zero-order chi connectivity index (χ0) is 9.61. The van der Waals surface area contributed by atoms with Gasteiger partial charge in [-0.1, -0.05) is 22.5 Å². The fourth-order valence-electron chi connectivity index (χ4n) is 0.527. The van der Waals surface area contributed by atoms with Crippen LogP contribution in [0, 0.1) is 5.41 Å². The number of aliphatic hydroxyl groups excluding tert-OH is 4. The number of aliphatic hydroxyl groups is 4. The van der Waals surface area contributed by atoms with Gasteiger partial charge in [0.25, 0.3) is 0 Å². The zero-order valence-electron chi connectivity index (χ0n) is 6.25. The van der Waals surface area contributed by atoms with E-state index in [1.54, 1.807) is 0 Å². The van der Waals surface area contributed by atoms with Gasteiger partial charge in [-0.05, 0) is 9.83 Å². The Hall–Kier alpha value is 0.890. The molecule has 0 aromatic carbocycles. The summed E-state index contributed by atoms with van der Waals surface area (Å²) >= 11 is 3.78. The fourth-order valence-corrected chi connectivity index (χ4v) is 2.63. The number of thiol groups is 1. The molecule has 0 rings (SSSR count). The van der Waals surface area contributed by atoms with Crippen molar-refractivity contribution < 1.29 is 20.4 Å². The second kappa shape index (κ2) is 6.36. The third-order valence-electron chi connectivity index (χ3n) is 1.60. The molecular formula is C5H12O4S3. The number of rotatable bonds is 6. The van der Waals surface area contributed by atoms with Crippen molar-refractivity contribution in [2.75, 3.05) is 19.8 Å². The average Bonchev–Trinajstić information content (AvgIpc) is 2.09. The molecule has 0 aliphatic rings. The van der Waals surface area contributed by atoms with E-state index in [-0.39, 0.29) is 0 Å². The van der Waals surface area contributed by atoms with E-state index in [4.69, 9.17) is 15.3 Å². The molecule has 0 saturated carbocycles. The van der Waals surface area contributed by atoms with E-state index in [2.05, 4.69) is 11.7 Å². The minimum atomic E-state index is -1.25. The van der Waals surface area contributed by atoms with Crippen LogP contribution in [0.3, 0.4) is 0 Å². The molecule has 0 heterocycles. The summed E-state index contributed by atoms with van der Waals surface area (Å²) in [6.45, 7) is -1.41. The zero-order valence-corrected chi connectivity index (χ0v) is 8.78. The van der Waals surface area contributed by atoms with E-state index in [1.807, 2.05) is 0 Å². The molecule has 4 N–H and O–H groups in total. The third kappa shape index (κ3) is 2.99. The van der Waals surface area contributed by atoms with Crippen molar-refractivity contribution >= 4 is 32.3 Å². The van der Waals surface area contributed by atoms with Crippen LogP contribution in [0.15, 0.2) is 0 Å². The maximum absolute atomic E-state index is 9.37. The van der Waals surface area contributed by atoms with Crippen LogP contribution in [0.5, 0.6) is 0 Å². The minimum absolute atomic E-state index is 0.470. The summed E-state index contributed by atoms with van der Waals surface area (Å²) in [5, 5.41) is 35.9. The number of hydrogen-bond acceptors (Lipinski definition) is 7. The van der Waals surface area contributed by atoms with Crippen molar-refractivity contribution in [2.24, 2.45) is 5.41 Å². The highest BCUT2D eigenvalue weighted by Gasteiger charge is 2.37. The summed E-state index contributed by atoms with van der Waals surface area (Å²) in [6, 6.07) is 0. The molecule has 0 bridgehead atoms. The molecule has 0 amide bonds. The van der Waals surface area contributed by atoms with Crippen molar-refractivity contribution in [2.45, 2.75) is 5.44 Å². The Balaban J connectivity index is 4.24. The molecule has 0 saturated heterocycles. The van der Waals surface area contributed by atoms with Crippen LogP contribution in [0.1, 0.15) is 0 Å². The summed E-state index contributed by atoms with van der Waals surface area (Å²) in [4.78, 5) is 0. The highest BCUT2D eigenvalue weighted by Crippen LogP contribution is 2.37. The van der Waals surface area contributed by atoms with Crippen LogP contribution in [-0.4, -0.2) is 45.7 Å². The standard InChI is InChI=1S/C5H12O4S3/c6-1-5(2-7,3-8)4(9)11-12-10/h4,6-10H,1-3H2. The lowest BCUT2D eigenvalue weighted by Gasteiger charge is -2.31. The lowest BCUT2D eigenvalue weighted by Crippen LogP contribution is -2.43. The molecule has 12 heavy (non-hydrogen) atoms.